The number of carbonyl (C=O) groups excluding carboxylic acids is 1. The lowest BCUT2D eigenvalue weighted by Gasteiger charge is -2.40. The molecule has 0 aliphatic heterocycles. The normalized spacial score (nSPS) is 15.7. The van der Waals surface area contributed by atoms with Gasteiger partial charge in [0.25, 0.3) is 5.91 Å². The van der Waals surface area contributed by atoms with Gasteiger partial charge in [-0.15, -0.1) is 11.3 Å². The molecule has 1 heterocycles. The molecule has 7 heteroatoms. The summed E-state index contributed by atoms with van der Waals surface area (Å²) in [7, 11) is 0. The Labute approximate surface area is 145 Å². The van der Waals surface area contributed by atoms with E-state index in [2.05, 4.69) is 26.2 Å². The first-order valence-corrected chi connectivity index (χ1v) is 8.86. The summed E-state index contributed by atoms with van der Waals surface area (Å²) in [4.78, 5) is 28.3. The van der Waals surface area contributed by atoms with Crippen molar-refractivity contribution in [1.82, 2.24) is 10.3 Å². The molecular formula is C16H15BrN2O3S. The Balaban J connectivity index is 1.87. The van der Waals surface area contributed by atoms with Crippen molar-refractivity contribution in [2.24, 2.45) is 0 Å². The first-order valence-electron chi connectivity index (χ1n) is 7.19. The maximum atomic E-state index is 12.6. The van der Waals surface area contributed by atoms with Gasteiger partial charge in [-0.05, 0) is 44.4 Å². The zero-order valence-electron chi connectivity index (χ0n) is 12.4. The molecule has 0 radical (unpaired) electrons. The average molecular weight is 395 g/mol. The lowest BCUT2D eigenvalue weighted by molar-refractivity contribution is 0.0697. The number of aryl methyl sites for hydroxylation is 1. The molecule has 3 rings (SSSR count). The Morgan fingerprint density at radius 2 is 2.00 bits per heavy atom. The van der Waals surface area contributed by atoms with Crippen LogP contribution in [-0.4, -0.2) is 22.0 Å². The smallest absolute Gasteiger partial charge is 0.335 e. The molecule has 23 heavy (non-hydrogen) atoms. The second-order valence-electron chi connectivity index (χ2n) is 5.72. The zero-order chi connectivity index (χ0) is 16.6. The topological polar surface area (TPSA) is 79.3 Å². The molecule has 0 unspecified atom stereocenters. The molecule has 1 aliphatic carbocycles. The summed E-state index contributed by atoms with van der Waals surface area (Å²) in [6, 6.07) is 4.49. The van der Waals surface area contributed by atoms with Gasteiger partial charge in [0, 0.05) is 21.1 Å². The molecule has 120 valence electrons. The lowest BCUT2D eigenvalue weighted by atomic mass is 9.77. The maximum Gasteiger partial charge on any atom is 0.335 e. The summed E-state index contributed by atoms with van der Waals surface area (Å²) >= 11 is 4.81. The summed E-state index contributed by atoms with van der Waals surface area (Å²) < 4.78 is 0.565. The summed E-state index contributed by atoms with van der Waals surface area (Å²) in [6.45, 7) is 1.93. The van der Waals surface area contributed by atoms with E-state index in [4.69, 9.17) is 5.11 Å². The monoisotopic (exact) mass is 394 g/mol. The van der Waals surface area contributed by atoms with Crippen LogP contribution in [0.4, 0.5) is 0 Å². The van der Waals surface area contributed by atoms with Crippen molar-refractivity contribution in [3.8, 4) is 0 Å². The van der Waals surface area contributed by atoms with Crippen LogP contribution in [0.15, 0.2) is 28.1 Å². The molecule has 0 saturated heterocycles. The van der Waals surface area contributed by atoms with Crippen LogP contribution in [0.1, 0.15) is 50.7 Å². The van der Waals surface area contributed by atoms with Crippen LogP contribution in [0.25, 0.3) is 0 Å². The van der Waals surface area contributed by atoms with Gasteiger partial charge in [-0.2, -0.15) is 0 Å². The van der Waals surface area contributed by atoms with Crippen molar-refractivity contribution in [3.05, 3.63) is 49.9 Å². The summed E-state index contributed by atoms with van der Waals surface area (Å²) in [5, 5.41) is 15.1. The van der Waals surface area contributed by atoms with E-state index in [9.17, 15) is 9.59 Å². The molecule has 0 bridgehead atoms. The Morgan fingerprint density at radius 3 is 2.52 bits per heavy atom. The van der Waals surface area contributed by atoms with Gasteiger partial charge >= 0.3 is 5.97 Å². The van der Waals surface area contributed by atoms with Gasteiger partial charge < -0.3 is 10.4 Å². The minimum Gasteiger partial charge on any atom is -0.478 e. The van der Waals surface area contributed by atoms with Crippen molar-refractivity contribution in [2.45, 2.75) is 31.7 Å². The van der Waals surface area contributed by atoms with Crippen molar-refractivity contribution in [3.63, 3.8) is 0 Å². The van der Waals surface area contributed by atoms with E-state index >= 15 is 0 Å². The fraction of sp³-hybridized carbons (Fsp3) is 0.312. The SMILES string of the molecule is Cc1csc(C2(NC(=O)c3cc(Br)cc(C(=O)O)c3)CCC2)n1. The number of carbonyl (C=O) groups is 2. The number of hydrogen-bond acceptors (Lipinski definition) is 4. The molecule has 1 aromatic heterocycles. The third-order valence-electron chi connectivity index (χ3n) is 4.00. The number of thiazole rings is 1. The fourth-order valence-corrected chi connectivity index (χ4v) is 4.14. The second kappa shape index (κ2) is 6.05. The number of aromatic carboxylic acids is 1. The highest BCUT2D eigenvalue weighted by Gasteiger charge is 2.42. The predicted octanol–water partition coefficient (Wildman–Crippen LogP) is 3.72. The van der Waals surface area contributed by atoms with Gasteiger partial charge in [-0.25, -0.2) is 9.78 Å². The van der Waals surface area contributed by atoms with Gasteiger partial charge in [0.2, 0.25) is 0 Å². The number of nitrogens with one attached hydrogen (secondary N) is 1. The molecule has 1 aromatic carbocycles. The maximum absolute atomic E-state index is 12.6. The van der Waals surface area contributed by atoms with Crippen LogP contribution in [0.2, 0.25) is 0 Å². The van der Waals surface area contributed by atoms with Crippen LogP contribution in [0, 0.1) is 6.92 Å². The molecule has 2 aromatic rings. The van der Waals surface area contributed by atoms with Crippen LogP contribution in [0.5, 0.6) is 0 Å². The van der Waals surface area contributed by atoms with E-state index < -0.39 is 11.5 Å². The first kappa shape index (κ1) is 16.1. The predicted molar refractivity (Wildman–Crippen MR) is 90.9 cm³/mol. The van der Waals surface area contributed by atoms with E-state index in [1.54, 1.807) is 17.4 Å². The number of aromatic nitrogens is 1. The second-order valence-corrected chi connectivity index (χ2v) is 7.49. The number of rotatable bonds is 4. The Bertz CT molecular complexity index is 783. The number of hydrogen-bond donors (Lipinski definition) is 2. The molecule has 0 spiro atoms. The molecule has 1 fully saturated rings. The Morgan fingerprint density at radius 1 is 1.30 bits per heavy atom. The molecule has 2 N–H and O–H groups in total. The van der Waals surface area contributed by atoms with Gasteiger partial charge in [-0.3, -0.25) is 4.79 Å². The zero-order valence-corrected chi connectivity index (χ0v) is 14.8. The average Bonchev–Trinajstić information content (AvgIpc) is 2.88. The Hall–Kier alpha value is -1.73. The largest absolute Gasteiger partial charge is 0.478 e. The van der Waals surface area contributed by atoms with E-state index in [0.29, 0.717) is 10.0 Å². The fourth-order valence-electron chi connectivity index (χ4n) is 2.63. The van der Waals surface area contributed by atoms with Gasteiger partial charge in [0.1, 0.15) is 5.01 Å². The summed E-state index contributed by atoms with van der Waals surface area (Å²) in [6.07, 6.45) is 2.74. The van der Waals surface area contributed by atoms with Crippen molar-refractivity contribution in [1.29, 1.82) is 0 Å². The third kappa shape index (κ3) is 3.16. The molecular weight excluding hydrogens is 380 g/mol. The standard InChI is InChI=1S/C16H15BrN2O3S/c1-9-8-23-15(18-9)16(3-2-4-16)19-13(20)10-5-11(14(21)22)7-12(17)6-10/h5-8H,2-4H2,1H3,(H,19,20)(H,21,22). The summed E-state index contributed by atoms with van der Waals surface area (Å²) in [5.74, 6) is -1.34. The highest BCUT2D eigenvalue weighted by molar-refractivity contribution is 9.10. The molecule has 5 nitrogen and oxygen atoms in total. The van der Waals surface area contributed by atoms with Crippen LogP contribution in [-0.2, 0) is 5.54 Å². The van der Waals surface area contributed by atoms with E-state index in [-0.39, 0.29) is 11.5 Å². The minimum atomic E-state index is -1.06. The molecule has 1 amide bonds. The lowest BCUT2D eigenvalue weighted by Crippen LogP contribution is -2.50. The Kier molecular flexibility index (Phi) is 4.25. The molecule has 0 atom stereocenters. The first-order chi connectivity index (χ1) is 10.9. The molecule has 1 aliphatic rings. The number of halogens is 1. The van der Waals surface area contributed by atoms with Crippen LogP contribution in [0.3, 0.4) is 0 Å². The van der Waals surface area contributed by atoms with E-state index in [1.807, 2.05) is 12.3 Å². The van der Waals surface area contributed by atoms with Crippen molar-refractivity contribution < 1.29 is 14.7 Å². The van der Waals surface area contributed by atoms with Gasteiger partial charge in [0.05, 0.1) is 11.1 Å². The highest BCUT2D eigenvalue weighted by Crippen LogP contribution is 2.42. The number of carboxylic acids is 1. The van der Waals surface area contributed by atoms with Gasteiger partial charge in [-0.1, -0.05) is 15.9 Å². The minimum absolute atomic E-state index is 0.0808. The summed E-state index contributed by atoms with van der Waals surface area (Å²) in [5.41, 5.74) is 0.941. The highest BCUT2D eigenvalue weighted by atomic mass is 79.9. The third-order valence-corrected chi connectivity index (χ3v) is 5.62. The number of benzene rings is 1. The van der Waals surface area contributed by atoms with Crippen LogP contribution >= 0.6 is 27.3 Å². The number of carboxylic acid groups (broad SMARTS) is 1. The quantitative estimate of drug-likeness (QED) is 0.827. The van der Waals surface area contributed by atoms with Crippen LogP contribution < -0.4 is 5.32 Å². The van der Waals surface area contributed by atoms with Crippen molar-refractivity contribution in [2.75, 3.05) is 0 Å². The van der Waals surface area contributed by atoms with Gasteiger partial charge in [0.15, 0.2) is 0 Å². The van der Waals surface area contributed by atoms with E-state index in [1.165, 1.54) is 12.1 Å². The molecule has 1 saturated carbocycles. The number of nitrogens with zero attached hydrogens (tertiary/aromatic N) is 1. The number of amides is 1. The van der Waals surface area contributed by atoms with Crippen molar-refractivity contribution >= 4 is 39.1 Å². The van der Waals surface area contributed by atoms with E-state index in [0.717, 1.165) is 30.0 Å².